The molecule has 0 saturated carbocycles. The minimum Gasteiger partial charge on any atom is -0.153 e. The molecule has 0 aliphatic rings. The first-order chi connectivity index (χ1) is 3.35. The molecule has 1 atom stereocenters. The fraction of sp³-hybridized carbons (Fsp3) is 1.00. The van der Waals surface area contributed by atoms with Gasteiger partial charge in [0.2, 0.25) is 0 Å². The first-order valence-electron chi connectivity index (χ1n) is 3.18. The van der Waals surface area contributed by atoms with Crippen LogP contribution in [0.3, 0.4) is 0 Å². The van der Waals surface area contributed by atoms with E-state index in [4.69, 9.17) is 0 Å². The van der Waals surface area contributed by atoms with Crippen molar-refractivity contribution >= 4 is 18.7 Å². The van der Waals surface area contributed by atoms with E-state index in [2.05, 4.69) is 20.8 Å². The maximum absolute atomic E-state index is 2.31. The molecule has 0 N–H and O–H groups in total. The molecule has 0 saturated heterocycles. The summed E-state index contributed by atoms with van der Waals surface area (Å²) < 4.78 is 0. The van der Waals surface area contributed by atoms with Crippen LogP contribution in [0, 0.1) is 0 Å². The van der Waals surface area contributed by atoms with Crippen LogP contribution >= 0.6 is 9.90 Å². The molecule has 0 aromatic rings. The van der Waals surface area contributed by atoms with Crippen molar-refractivity contribution in [3.05, 3.63) is 0 Å². The van der Waals surface area contributed by atoms with E-state index in [9.17, 15) is 0 Å². The van der Waals surface area contributed by atoms with Crippen molar-refractivity contribution < 1.29 is 0 Å². The molecule has 0 nitrogen and oxygen atoms in total. The average molecular weight is 149 g/mol. The summed E-state index contributed by atoms with van der Waals surface area (Å²) in [5, 5.41) is 0. The number of hydrogen-bond acceptors (Lipinski definition) is 0. The third kappa shape index (κ3) is 4.80. The summed E-state index contributed by atoms with van der Waals surface area (Å²) in [5.74, 6) is 0. The van der Waals surface area contributed by atoms with E-state index in [-0.39, 0.29) is 18.7 Å². The third-order valence-corrected chi connectivity index (χ3v) is 4.50. The van der Waals surface area contributed by atoms with E-state index in [1.165, 1.54) is 18.1 Å². The van der Waals surface area contributed by atoms with Crippen LogP contribution < -0.4 is 0 Å². The van der Waals surface area contributed by atoms with Gasteiger partial charge in [0, 0.05) is 8.80 Å². The van der Waals surface area contributed by atoms with Gasteiger partial charge in [0.05, 0.1) is 0 Å². The van der Waals surface area contributed by atoms with Crippen molar-refractivity contribution in [3.63, 3.8) is 0 Å². The molecule has 0 rings (SSSR count). The van der Waals surface area contributed by atoms with E-state index < -0.39 is 0 Å². The lowest BCUT2D eigenvalue weighted by Crippen LogP contribution is -2.04. The smallest absolute Gasteiger partial charge is 0.0470 e. The van der Waals surface area contributed by atoms with Crippen LogP contribution in [0.15, 0.2) is 0 Å². The standard InChI is InChI=1S/C6H15Si.H3P/c1-4-7(5-2)6-3;/h4-6H2,1-3H3;1H3. The molecule has 0 amide bonds. The Balaban J connectivity index is 0. The molecule has 0 aromatic carbocycles. The summed E-state index contributed by atoms with van der Waals surface area (Å²) in [6.07, 6.45) is 0. The van der Waals surface area contributed by atoms with Crippen LogP contribution in [-0.4, -0.2) is 8.80 Å². The van der Waals surface area contributed by atoms with Gasteiger partial charge in [-0.25, -0.2) is 0 Å². The second-order valence-electron chi connectivity index (χ2n) is 1.81. The van der Waals surface area contributed by atoms with Crippen molar-refractivity contribution in [1.29, 1.82) is 0 Å². The Morgan fingerprint density at radius 2 is 1.12 bits per heavy atom. The summed E-state index contributed by atoms with van der Waals surface area (Å²) in [7, 11) is 0.137. The maximum Gasteiger partial charge on any atom is 0.0470 e. The van der Waals surface area contributed by atoms with Crippen molar-refractivity contribution in [3.8, 4) is 0 Å². The summed E-state index contributed by atoms with van der Waals surface area (Å²) in [6.45, 7) is 6.92. The second kappa shape index (κ2) is 7.65. The van der Waals surface area contributed by atoms with E-state index in [1.54, 1.807) is 0 Å². The molecule has 0 aliphatic carbocycles. The van der Waals surface area contributed by atoms with Gasteiger partial charge in [0.15, 0.2) is 0 Å². The van der Waals surface area contributed by atoms with Crippen molar-refractivity contribution in [2.75, 3.05) is 0 Å². The lowest BCUT2D eigenvalue weighted by atomic mass is 10.9. The molecule has 0 aliphatic heterocycles. The van der Waals surface area contributed by atoms with Crippen LogP contribution in [0.25, 0.3) is 0 Å². The molecule has 8 heavy (non-hydrogen) atoms. The largest absolute Gasteiger partial charge is 0.153 e. The molecular formula is C6H18PSi. The Bertz CT molecular complexity index is 30.0. The highest BCUT2D eigenvalue weighted by atomic mass is 31.0. The third-order valence-electron chi connectivity index (χ3n) is 1.50. The van der Waals surface area contributed by atoms with E-state index in [0.717, 1.165) is 0 Å². The first kappa shape index (κ1) is 11.4. The quantitative estimate of drug-likeness (QED) is 0.427. The van der Waals surface area contributed by atoms with Gasteiger partial charge in [0.25, 0.3) is 0 Å². The van der Waals surface area contributed by atoms with Gasteiger partial charge in [-0.05, 0) is 0 Å². The molecule has 1 unspecified atom stereocenters. The molecular weight excluding hydrogens is 131 g/mol. The molecule has 0 aromatic heterocycles. The van der Waals surface area contributed by atoms with Gasteiger partial charge >= 0.3 is 0 Å². The van der Waals surface area contributed by atoms with Gasteiger partial charge < -0.3 is 0 Å². The van der Waals surface area contributed by atoms with Crippen LogP contribution in [0.5, 0.6) is 0 Å². The molecule has 2 heteroatoms. The lowest BCUT2D eigenvalue weighted by Gasteiger charge is -2.02. The van der Waals surface area contributed by atoms with Crippen LogP contribution in [0.1, 0.15) is 20.8 Å². The zero-order valence-electron chi connectivity index (χ0n) is 6.33. The predicted molar refractivity (Wildman–Crippen MR) is 48.3 cm³/mol. The maximum atomic E-state index is 2.31. The van der Waals surface area contributed by atoms with Crippen molar-refractivity contribution in [2.24, 2.45) is 0 Å². The topological polar surface area (TPSA) is 0 Å². The Labute approximate surface area is 58.3 Å². The van der Waals surface area contributed by atoms with Gasteiger partial charge in [-0.15, -0.1) is 0 Å². The van der Waals surface area contributed by atoms with E-state index >= 15 is 0 Å². The zero-order valence-corrected chi connectivity index (χ0v) is 8.74. The van der Waals surface area contributed by atoms with Crippen molar-refractivity contribution in [2.45, 2.75) is 38.9 Å². The molecule has 0 bridgehead atoms. The normalized spacial score (nSPS) is 9.00. The van der Waals surface area contributed by atoms with Crippen LogP contribution in [-0.2, 0) is 0 Å². The number of hydrogen-bond donors (Lipinski definition) is 0. The van der Waals surface area contributed by atoms with Crippen LogP contribution in [0.2, 0.25) is 18.1 Å². The van der Waals surface area contributed by atoms with E-state index in [1.807, 2.05) is 0 Å². The Kier molecular flexibility index (Phi) is 10.9. The molecule has 0 fully saturated rings. The summed E-state index contributed by atoms with van der Waals surface area (Å²) >= 11 is 0. The second-order valence-corrected chi connectivity index (χ2v) is 5.43. The Morgan fingerprint density at radius 1 is 0.875 bits per heavy atom. The highest BCUT2D eigenvalue weighted by Crippen LogP contribution is 2.01. The fourth-order valence-corrected chi connectivity index (χ4v) is 2.25. The molecule has 0 spiro atoms. The zero-order chi connectivity index (χ0) is 5.70. The summed E-state index contributed by atoms with van der Waals surface area (Å²) in [4.78, 5) is 0. The van der Waals surface area contributed by atoms with Gasteiger partial charge in [0.1, 0.15) is 0 Å². The number of rotatable bonds is 3. The van der Waals surface area contributed by atoms with Crippen molar-refractivity contribution in [1.82, 2.24) is 0 Å². The monoisotopic (exact) mass is 149 g/mol. The minimum absolute atomic E-state index is 0. The van der Waals surface area contributed by atoms with E-state index in [0.29, 0.717) is 0 Å². The highest BCUT2D eigenvalue weighted by molar-refractivity contribution is 6.92. The first-order valence-corrected chi connectivity index (χ1v) is 5.30. The molecule has 0 heterocycles. The highest BCUT2D eigenvalue weighted by Gasteiger charge is 1.98. The Morgan fingerprint density at radius 3 is 1.12 bits per heavy atom. The summed E-state index contributed by atoms with van der Waals surface area (Å²) in [6, 6.07) is 4.37. The SMILES string of the molecule is CC[Si](CC)CC.P. The fourth-order valence-electron chi connectivity index (χ4n) is 0.750. The van der Waals surface area contributed by atoms with Gasteiger partial charge in [-0.2, -0.15) is 9.90 Å². The minimum atomic E-state index is 0. The predicted octanol–water partition coefficient (Wildman–Crippen LogP) is 2.60. The molecule has 51 valence electrons. The van der Waals surface area contributed by atoms with Gasteiger partial charge in [-0.1, -0.05) is 38.9 Å². The summed E-state index contributed by atoms with van der Waals surface area (Å²) in [5.41, 5.74) is 0. The average Bonchev–Trinajstić information content (AvgIpc) is 1.72. The molecule has 1 radical (unpaired) electrons. The van der Waals surface area contributed by atoms with Gasteiger partial charge in [-0.3, -0.25) is 0 Å². The lowest BCUT2D eigenvalue weighted by molar-refractivity contribution is 1.24. The Hall–Kier alpha value is 0.647. The van der Waals surface area contributed by atoms with Crippen LogP contribution in [0.4, 0.5) is 0 Å².